The molecule has 1 aromatic carbocycles. The van der Waals surface area contributed by atoms with Gasteiger partial charge in [-0.05, 0) is 24.3 Å². The average molecular weight is 261 g/mol. The van der Waals surface area contributed by atoms with Crippen molar-refractivity contribution >= 4 is 0 Å². The lowest BCUT2D eigenvalue weighted by atomic mass is 10.1. The molecular weight excluding hydrogens is 253 g/mol. The highest BCUT2D eigenvalue weighted by molar-refractivity contribution is 5.45. The molecule has 0 amide bonds. The van der Waals surface area contributed by atoms with Gasteiger partial charge in [0, 0.05) is 29.1 Å². The minimum Gasteiger partial charge on any atom is -0.262 e. The number of benzene rings is 1. The molecule has 0 radical (unpaired) electrons. The molecule has 94 valence electrons. The van der Waals surface area contributed by atoms with Gasteiger partial charge in [0.25, 0.3) is 0 Å². The fourth-order valence-corrected chi connectivity index (χ4v) is 1.59. The van der Waals surface area contributed by atoms with Crippen LogP contribution in [-0.2, 0) is 6.42 Å². The Morgan fingerprint density at radius 3 is 2.50 bits per heavy atom. The first kappa shape index (κ1) is 13.3. The quantitative estimate of drug-likeness (QED) is 0.741. The summed E-state index contributed by atoms with van der Waals surface area (Å²) in [6, 6.07) is 9.90. The van der Waals surface area contributed by atoms with Crippen LogP contribution in [0.5, 0.6) is 0 Å². The second kappa shape index (κ2) is 6.14. The van der Waals surface area contributed by atoms with Gasteiger partial charge in [-0.1, -0.05) is 11.8 Å². The molecule has 2 rings (SSSR count). The molecule has 0 fully saturated rings. The summed E-state index contributed by atoms with van der Waals surface area (Å²) in [5.74, 6) is 5.31. The monoisotopic (exact) mass is 261 g/mol. The number of rotatable bonds is 1. The smallest absolute Gasteiger partial charge is 0.127 e. The SMILES string of the molecule is N#CCc1cc(C#Cc2cncc(C#N)c2)ccc1F. The van der Waals surface area contributed by atoms with Crippen LogP contribution < -0.4 is 0 Å². The van der Waals surface area contributed by atoms with Gasteiger partial charge in [-0.25, -0.2) is 4.39 Å². The van der Waals surface area contributed by atoms with Crippen molar-refractivity contribution in [3.05, 3.63) is 64.7 Å². The van der Waals surface area contributed by atoms with Crippen molar-refractivity contribution in [1.29, 1.82) is 10.5 Å². The summed E-state index contributed by atoms with van der Waals surface area (Å²) in [4.78, 5) is 3.90. The third-order valence-electron chi connectivity index (χ3n) is 2.53. The number of nitrogens with zero attached hydrogens (tertiary/aromatic N) is 3. The summed E-state index contributed by atoms with van der Waals surface area (Å²) in [5, 5.41) is 17.4. The van der Waals surface area contributed by atoms with Crippen LogP contribution >= 0.6 is 0 Å². The molecule has 3 nitrogen and oxygen atoms in total. The first-order valence-electron chi connectivity index (χ1n) is 5.75. The maximum absolute atomic E-state index is 13.4. The van der Waals surface area contributed by atoms with Crippen molar-refractivity contribution in [2.45, 2.75) is 6.42 Å². The molecule has 1 aromatic heterocycles. The van der Waals surface area contributed by atoms with E-state index in [2.05, 4.69) is 16.8 Å². The molecule has 20 heavy (non-hydrogen) atoms. The van der Waals surface area contributed by atoms with Crippen molar-refractivity contribution in [1.82, 2.24) is 4.98 Å². The van der Waals surface area contributed by atoms with E-state index in [1.165, 1.54) is 12.3 Å². The largest absolute Gasteiger partial charge is 0.262 e. The third-order valence-corrected chi connectivity index (χ3v) is 2.53. The van der Waals surface area contributed by atoms with E-state index >= 15 is 0 Å². The second-order valence-corrected chi connectivity index (χ2v) is 3.97. The highest BCUT2D eigenvalue weighted by Crippen LogP contribution is 2.10. The van der Waals surface area contributed by atoms with Crippen LogP contribution in [0, 0.1) is 40.3 Å². The van der Waals surface area contributed by atoms with Crippen LogP contribution in [0.4, 0.5) is 4.39 Å². The van der Waals surface area contributed by atoms with Gasteiger partial charge in [0.05, 0.1) is 18.1 Å². The van der Waals surface area contributed by atoms with Crippen molar-refractivity contribution in [3.63, 3.8) is 0 Å². The predicted octanol–water partition coefficient (Wildman–Crippen LogP) is 2.56. The van der Waals surface area contributed by atoms with E-state index in [1.807, 2.05) is 12.1 Å². The Hall–Kier alpha value is -3.16. The normalized spacial score (nSPS) is 8.95. The molecule has 0 aliphatic rings. The van der Waals surface area contributed by atoms with Gasteiger partial charge in [-0.15, -0.1) is 0 Å². The van der Waals surface area contributed by atoms with E-state index in [0.717, 1.165) is 0 Å². The van der Waals surface area contributed by atoms with Crippen molar-refractivity contribution in [3.8, 4) is 24.0 Å². The predicted molar refractivity (Wildman–Crippen MR) is 70.6 cm³/mol. The lowest BCUT2D eigenvalue weighted by Crippen LogP contribution is -1.90. The van der Waals surface area contributed by atoms with Gasteiger partial charge in [0.15, 0.2) is 0 Å². The number of nitriles is 2. The molecule has 0 N–H and O–H groups in total. The van der Waals surface area contributed by atoms with Crippen LogP contribution in [0.3, 0.4) is 0 Å². The first-order chi connectivity index (χ1) is 9.72. The third kappa shape index (κ3) is 3.19. The van der Waals surface area contributed by atoms with Gasteiger partial charge in [0.2, 0.25) is 0 Å². The second-order valence-electron chi connectivity index (χ2n) is 3.97. The number of hydrogen-bond donors (Lipinski definition) is 0. The summed E-state index contributed by atoms with van der Waals surface area (Å²) in [6.45, 7) is 0. The molecular formula is C16H8FN3. The van der Waals surface area contributed by atoms with E-state index in [9.17, 15) is 4.39 Å². The van der Waals surface area contributed by atoms with Crippen LogP contribution in [0.15, 0.2) is 36.7 Å². The molecule has 2 aromatic rings. The Bertz CT molecular complexity index is 786. The van der Waals surface area contributed by atoms with Gasteiger partial charge in [-0.2, -0.15) is 10.5 Å². The van der Waals surface area contributed by atoms with E-state index in [-0.39, 0.29) is 6.42 Å². The Balaban J connectivity index is 2.31. The zero-order chi connectivity index (χ0) is 14.4. The fraction of sp³-hybridized carbons (Fsp3) is 0.0625. The Kier molecular flexibility index (Phi) is 4.07. The van der Waals surface area contributed by atoms with Crippen LogP contribution in [0.25, 0.3) is 0 Å². The van der Waals surface area contributed by atoms with Crippen LogP contribution in [0.1, 0.15) is 22.3 Å². The summed E-state index contributed by atoms with van der Waals surface area (Å²) >= 11 is 0. The molecule has 0 aliphatic carbocycles. The van der Waals surface area contributed by atoms with E-state index < -0.39 is 5.82 Å². The number of halogens is 1. The van der Waals surface area contributed by atoms with Crippen molar-refractivity contribution in [2.24, 2.45) is 0 Å². The van der Waals surface area contributed by atoms with Crippen LogP contribution in [-0.4, -0.2) is 4.98 Å². The van der Waals surface area contributed by atoms with Crippen molar-refractivity contribution < 1.29 is 4.39 Å². The summed E-state index contributed by atoms with van der Waals surface area (Å²) in [6.07, 6.45) is 3.01. The number of pyridine rings is 1. The Labute approximate surface area is 115 Å². The minimum absolute atomic E-state index is 0.00677. The number of aromatic nitrogens is 1. The molecule has 0 saturated heterocycles. The molecule has 0 saturated carbocycles. The summed E-state index contributed by atoms with van der Waals surface area (Å²) in [7, 11) is 0. The van der Waals surface area contributed by atoms with Gasteiger partial charge in [0.1, 0.15) is 11.9 Å². The summed E-state index contributed by atoms with van der Waals surface area (Å²) in [5.41, 5.74) is 1.97. The van der Waals surface area contributed by atoms with E-state index in [0.29, 0.717) is 22.3 Å². The minimum atomic E-state index is -0.412. The molecule has 0 atom stereocenters. The molecule has 0 spiro atoms. The van der Waals surface area contributed by atoms with Crippen molar-refractivity contribution in [2.75, 3.05) is 0 Å². The topological polar surface area (TPSA) is 60.5 Å². The van der Waals surface area contributed by atoms with E-state index in [4.69, 9.17) is 10.5 Å². The zero-order valence-corrected chi connectivity index (χ0v) is 10.4. The lowest BCUT2D eigenvalue weighted by molar-refractivity contribution is 0.615. The molecule has 4 heteroatoms. The van der Waals surface area contributed by atoms with Gasteiger partial charge in [-0.3, -0.25) is 4.98 Å². The van der Waals surface area contributed by atoms with Crippen LogP contribution in [0.2, 0.25) is 0 Å². The maximum Gasteiger partial charge on any atom is 0.127 e. The maximum atomic E-state index is 13.4. The number of hydrogen-bond acceptors (Lipinski definition) is 3. The van der Waals surface area contributed by atoms with E-state index in [1.54, 1.807) is 24.4 Å². The molecule has 0 aliphatic heterocycles. The highest BCUT2D eigenvalue weighted by Gasteiger charge is 2.01. The average Bonchev–Trinajstić information content (AvgIpc) is 2.48. The Morgan fingerprint density at radius 2 is 1.75 bits per heavy atom. The lowest BCUT2D eigenvalue weighted by Gasteiger charge is -1.98. The molecule has 0 unspecified atom stereocenters. The Morgan fingerprint density at radius 1 is 1.00 bits per heavy atom. The van der Waals surface area contributed by atoms with Gasteiger partial charge >= 0.3 is 0 Å². The fourth-order valence-electron chi connectivity index (χ4n) is 1.59. The zero-order valence-electron chi connectivity index (χ0n) is 10.4. The highest BCUT2D eigenvalue weighted by atomic mass is 19.1. The molecule has 0 bridgehead atoms. The summed E-state index contributed by atoms with van der Waals surface area (Å²) < 4.78 is 13.4. The molecule has 1 heterocycles. The standard InChI is InChI=1S/C16H8FN3/c17-16-4-3-12(8-15(16)5-6-18)1-2-13-7-14(9-19)11-20-10-13/h3-4,7-8,10-11H,5H2. The van der Waals surface area contributed by atoms with Gasteiger partial charge < -0.3 is 0 Å². The first-order valence-corrected chi connectivity index (χ1v) is 5.75.